The van der Waals surface area contributed by atoms with Crippen LogP contribution in [0.5, 0.6) is 0 Å². The highest BCUT2D eigenvalue weighted by atomic mass is 31.1. The molecule has 4 aromatic carbocycles. The van der Waals surface area contributed by atoms with Crippen molar-refractivity contribution in [3.05, 3.63) is 96.1 Å². The van der Waals surface area contributed by atoms with Crippen molar-refractivity contribution in [1.82, 2.24) is 0 Å². The first-order valence-electron chi connectivity index (χ1n) is 11.8. The molecule has 0 unspecified atom stereocenters. The molecule has 0 saturated heterocycles. The summed E-state index contributed by atoms with van der Waals surface area (Å²) in [7, 11) is -0.851. The zero-order valence-electron chi connectivity index (χ0n) is 19.5. The lowest BCUT2D eigenvalue weighted by Gasteiger charge is -2.30. The first-order chi connectivity index (χ1) is 15.6. The summed E-state index contributed by atoms with van der Waals surface area (Å²) in [6.07, 6.45) is 2.37. The van der Waals surface area contributed by atoms with Crippen molar-refractivity contribution in [2.75, 3.05) is 0 Å². The van der Waals surface area contributed by atoms with Gasteiger partial charge in [-0.05, 0) is 75.2 Å². The molecule has 2 heteroatoms. The van der Waals surface area contributed by atoms with E-state index in [2.05, 4.69) is 113 Å². The number of benzene rings is 4. The van der Waals surface area contributed by atoms with E-state index >= 15 is 0 Å². The molecule has 0 amide bonds. The predicted molar refractivity (Wildman–Crippen MR) is 147 cm³/mol. The zero-order chi connectivity index (χ0) is 22.2. The summed E-state index contributed by atoms with van der Waals surface area (Å²) in [5.74, 6) is 0. The molecule has 1 aliphatic rings. The standard InChI is InChI=1S/C30H32P2/c1-21(2)31(22(3)4)27-19-17-23-15-16-24-18-20-28(30(27)29(23)24)32(25-11-7-5-8-12-25)26-13-9-6-10-14-26/h5-14,17-22H,15-16H2,1-4H3. The molecular weight excluding hydrogens is 422 g/mol. The molecule has 0 radical (unpaired) electrons. The van der Waals surface area contributed by atoms with Gasteiger partial charge in [0.1, 0.15) is 0 Å². The summed E-state index contributed by atoms with van der Waals surface area (Å²) in [6.45, 7) is 9.69. The number of hydrogen-bond acceptors (Lipinski definition) is 0. The molecule has 0 aromatic heterocycles. The lowest BCUT2D eigenvalue weighted by Crippen LogP contribution is -2.26. The monoisotopic (exact) mass is 454 g/mol. The van der Waals surface area contributed by atoms with Crippen LogP contribution in [0.4, 0.5) is 0 Å². The van der Waals surface area contributed by atoms with Crippen LogP contribution in [0.25, 0.3) is 10.8 Å². The molecule has 0 saturated carbocycles. The van der Waals surface area contributed by atoms with Crippen LogP contribution in [0.2, 0.25) is 0 Å². The van der Waals surface area contributed by atoms with Gasteiger partial charge < -0.3 is 0 Å². The minimum Gasteiger partial charge on any atom is -0.0694 e. The fraction of sp³-hybridized carbons (Fsp3) is 0.267. The third kappa shape index (κ3) is 3.83. The Morgan fingerprint density at radius 1 is 0.531 bits per heavy atom. The Hall–Kier alpha value is -2.00. The molecular formula is C30H32P2. The van der Waals surface area contributed by atoms with E-state index in [0.717, 1.165) is 0 Å². The summed E-state index contributed by atoms with van der Waals surface area (Å²) in [5, 5.41) is 9.22. The first kappa shape index (κ1) is 21.8. The molecule has 162 valence electrons. The van der Waals surface area contributed by atoms with E-state index in [1.165, 1.54) is 23.5 Å². The molecule has 0 N–H and O–H groups in total. The van der Waals surface area contributed by atoms with Gasteiger partial charge in [-0.3, -0.25) is 0 Å². The van der Waals surface area contributed by atoms with E-state index < -0.39 is 7.92 Å². The van der Waals surface area contributed by atoms with Crippen molar-refractivity contribution in [3.63, 3.8) is 0 Å². The molecule has 5 rings (SSSR count). The van der Waals surface area contributed by atoms with Crippen molar-refractivity contribution in [3.8, 4) is 0 Å². The Bertz CT molecular complexity index is 1170. The van der Waals surface area contributed by atoms with Gasteiger partial charge in [0.05, 0.1) is 0 Å². The maximum Gasteiger partial charge on any atom is -0.00176 e. The second-order valence-electron chi connectivity index (χ2n) is 9.34. The highest BCUT2D eigenvalue weighted by Crippen LogP contribution is 2.49. The normalized spacial score (nSPS) is 13.2. The smallest absolute Gasteiger partial charge is 0.00176 e. The van der Waals surface area contributed by atoms with Crippen LogP contribution in [0.15, 0.2) is 84.9 Å². The van der Waals surface area contributed by atoms with E-state index in [4.69, 9.17) is 0 Å². The number of aryl methyl sites for hydroxylation is 2. The third-order valence-corrected chi connectivity index (χ3v) is 12.3. The Kier molecular flexibility index (Phi) is 6.20. The topological polar surface area (TPSA) is 0 Å². The van der Waals surface area contributed by atoms with Gasteiger partial charge in [-0.25, -0.2) is 0 Å². The van der Waals surface area contributed by atoms with Crippen LogP contribution in [0.3, 0.4) is 0 Å². The fourth-order valence-electron chi connectivity index (χ4n) is 5.43. The second-order valence-corrected chi connectivity index (χ2v) is 14.9. The molecule has 0 bridgehead atoms. The second kappa shape index (κ2) is 9.09. The van der Waals surface area contributed by atoms with Gasteiger partial charge >= 0.3 is 0 Å². The van der Waals surface area contributed by atoms with Crippen molar-refractivity contribution >= 4 is 47.8 Å². The third-order valence-electron chi connectivity index (χ3n) is 6.61. The van der Waals surface area contributed by atoms with Gasteiger partial charge in [0.25, 0.3) is 0 Å². The lowest BCUT2D eigenvalue weighted by molar-refractivity contribution is 1.02. The largest absolute Gasteiger partial charge is 0.0694 e. The summed E-state index contributed by atoms with van der Waals surface area (Å²) >= 11 is 0. The number of hydrogen-bond donors (Lipinski definition) is 0. The maximum absolute atomic E-state index is 2.51. The van der Waals surface area contributed by atoms with E-state index in [-0.39, 0.29) is 7.92 Å². The van der Waals surface area contributed by atoms with Crippen LogP contribution in [0, 0.1) is 0 Å². The molecule has 0 aliphatic heterocycles. The van der Waals surface area contributed by atoms with E-state index in [1.54, 1.807) is 32.5 Å². The zero-order valence-corrected chi connectivity index (χ0v) is 21.3. The molecule has 4 aromatic rings. The van der Waals surface area contributed by atoms with Gasteiger partial charge in [0.15, 0.2) is 0 Å². The molecule has 0 heterocycles. The number of rotatable bonds is 6. The highest BCUT2D eigenvalue weighted by molar-refractivity contribution is 7.80. The summed E-state index contributed by atoms with van der Waals surface area (Å²) in [4.78, 5) is 0. The van der Waals surface area contributed by atoms with Gasteiger partial charge in [0, 0.05) is 0 Å². The minimum atomic E-state index is -0.612. The Labute approximate surface area is 195 Å². The average molecular weight is 455 g/mol. The minimum absolute atomic E-state index is 0.239. The first-order valence-corrected chi connectivity index (χ1v) is 14.6. The van der Waals surface area contributed by atoms with Gasteiger partial charge in [-0.2, -0.15) is 0 Å². The quantitative estimate of drug-likeness (QED) is 0.287. The van der Waals surface area contributed by atoms with Gasteiger partial charge in [-0.1, -0.05) is 121 Å². The summed E-state index contributed by atoms with van der Waals surface area (Å²) in [5.41, 5.74) is 4.46. The summed E-state index contributed by atoms with van der Waals surface area (Å²) in [6, 6.07) is 32.3. The van der Waals surface area contributed by atoms with Crippen LogP contribution in [0.1, 0.15) is 38.8 Å². The Balaban J connectivity index is 1.86. The maximum atomic E-state index is 2.51. The lowest BCUT2D eigenvalue weighted by atomic mass is 10.1. The Morgan fingerprint density at radius 3 is 1.47 bits per heavy atom. The van der Waals surface area contributed by atoms with Gasteiger partial charge in [-0.15, -0.1) is 0 Å². The van der Waals surface area contributed by atoms with Crippen molar-refractivity contribution in [2.24, 2.45) is 0 Å². The van der Waals surface area contributed by atoms with Gasteiger partial charge in [0.2, 0.25) is 0 Å². The van der Waals surface area contributed by atoms with Crippen molar-refractivity contribution in [1.29, 1.82) is 0 Å². The van der Waals surface area contributed by atoms with Crippen LogP contribution in [-0.4, -0.2) is 11.3 Å². The van der Waals surface area contributed by atoms with E-state index in [9.17, 15) is 0 Å². The van der Waals surface area contributed by atoms with Crippen LogP contribution in [-0.2, 0) is 12.8 Å². The molecule has 0 spiro atoms. The predicted octanol–water partition coefficient (Wildman–Crippen LogP) is 6.62. The van der Waals surface area contributed by atoms with Crippen LogP contribution < -0.4 is 21.2 Å². The van der Waals surface area contributed by atoms with Crippen LogP contribution >= 0.6 is 15.8 Å². The van der Waals surface area contributed by atoms with Crippen molar-refractivity contribution < 1.29 is 0 Å². The SMILES string of the molecule is CC(C)P(c1ccc2c3c(ccc(P(c4ccccc4)c4ccccc4)c13)CC2)C(C)C. The molecule has 32 heavy (non-hydrogen) atoms. The average Bonchev–Trinajstić information content (AvgIpc) is 3.22. The molecule has 1 aliphatic carbocycles. The summed E-state index contributed by atoms with van der Waals surface area (Å²) < 4.78 is 0. The van der Waals surface area contributed by atoms with Crippen molar-refractivity contribution in [2.45, 2.75) is 51.9 Å². The van der Waals surface area contributed by atoms with E-state index in [0.29, 0.717) is 11.3 Å². The fourth-order valence-corrected chi connectivity index (χ4v) is 11.0. The molecule has 0 atom stereocenters. The van der Waals surface area contributed by atoms with E-state index in [1.807, 2.05) is 0 Å². The Morgan fingerprint density at radius 2 is 1.00 bits per heavy atom. The highest BCUT2D eigenvalue weighted by Gasteiger charge is 2.28. The molecule has 0 nitrogen and oxygen atoms in total. The molecule has 0 fully saturated rings.